The molecule has 1 amide bonds. The van der Waals surface area contributed by atoms with E-state index in [2.05, 4.69) is 14.6 Å². The highest BCUT2D eigenvalue weighted by atomic mass is 35.5. The van der Waals surface area contributed by atoms with E-state index in [9.17, 15) is 13.2 Å². The van der Waals surface area contributed by atoms with E-state index in [0.29, 0.717) is 33.8 Å². The number of rotatable bonds is 5. The minimum atomic E-state index is -3.74. The first kappa shape index (κ1) is 21.5. The molecule has 3 aromatic rings. The number of hydrogen-bond acceptors (Lipinski definition) is 6. The van der Waals surface area contributed by atoms with Gasteiger partial charge in [-0.1, -0.05) is 23.2 Å². The maximum Gasteiger partial charge on any atom is 0.263 e. The third-order valence-electron chi connectivity index (χ3n) is 5.72. The Balaban J connectivity index is 0.00000259. The van der Waals surface area contributed by atoms with Crippen LogP contribution in [0.4, 0.5) is 16.5 Å². The Morgan fingerprint density at radius 3 is 2.59 bits per heavy atom. The predicted octanol–water partition coefficient (Wildman–Crippen LogP) is 4.66. The van der Waals surface area contributed by atoms with Crippen LogP contribution in [0.25, 0.3) is 0 Å². The van der Waals surface area contributed by atoms with E-state index in [1.807, 2.05) is 12.1 Å². The van der Waals surface area contributed by atoms with Crippen LogP contribution in [0.15, 0.2) is 52.9 Å². The van der Waals surface area contributed by atoms with Crippen molar-refractivity contribution in [3.8, 4) is 0 Å². The molecule has 1 saturated heterocycles. The quantitative estimate of drug-likeness (QED) is 0.539. The molecule has 2 aromatic carbocycles. The maximum atomic E-state index is 13.2. The van der Waals surface area contributed by atoms with E-state index < -0.39 is 10.0 Å². The summed E-state index contributed by atoms with van der Waals surface area (Å²) in [5.41, 5.74) is 2.71. The van der Waals surface area contributed by atoms with Gasteiger partial charge in [-0.05, 0) is 54.8 Å². The number of thiazole rings is 1. The summed E-state index contributed by atoms with van der Waals surface area (Å²) in [7, 11) is -3.74. The molecule has 2 aliphatic heterocycles. The van der Waals surface area contributed by atoms with E-state index in [4.69, 9.17) is 23.2 Å². The SMILES string of the molecule is O=C1[C@@H](N2CCc3cc(Cl)c(Cl)cc32)CCN1c1ccc(S(=O)(=O)Nc2nccs2)cc1.[HH]. The summed E-state index contributed by atoms with van der Waals surface area (Å²) < 4.78 is 27.5. The van der Waals surface area contributed by atoms with Crippen molar-refractivity contribution in [2.75, 3.05) is 27.6 Å². The number of nitrogens with one attached hydrogen (secondary N) is 1. The number of halogens is 2. The summed E-state index contributed by atoms with van der Waals surface area (Å²) in [6, 6.07) is 9.73. The number of benzene rings is 2. The molecule has 0 bridgehead atoms. The van der Waals surface area contributed by atoms with Crippen molar-refractivity contribution in [2.45, 2.75) is 23.8 Å². The lowest BCUT2D eigenvalue weighted by atomic mass is 10.1. The van der Waals surface area contributed by atoms with Gasteiger partial charge in [0.1, 0.15) is 6.04 Å². The summed E-state index contributed by atoms with van der Waals surface area (Å²) >= 11 is 13.6. The van der Waals surface area contributed by atoms with Crippen LogP contribution in [0.3, 0.4) is 0 Å². The Labute approximate surface area is 201 Å². The van der Waals surface area contributed by atoms with Crippen molar-refractivity contribution in [1.82, 2.24) is 4.98 Å². The Morgan fingerprint density at radius 2 is 1.88 bits per heavy atom. The number of anilines is 3. The highest BCUT2D eigenvalue weighted by Gasteiger charge is 2.39. The lowest BCUT2D eigenvalue weighted by molar-refractivity contribution is -0.118. The number of fused-ring (bicyclic) bond motifs is 1. The molecule has 168 valence electrons. The highest BCUT2D eigenvalue weighted by molar-refractivity contribution is 7.93. The second-order valence-corrected chi connectivity index (χ2v) is 11.0. The fourth-order valence-corrected chi connectivity index (χ4v) is 6.33. The maximum absolute atomic E-state index is 13.2. The number of aromatic nitrogens is 1. The van der Waals surface area contributed by atoms with Crippen molar-refractivity contribution in [3.05, 3.63) is 63.6 Å². The first-order valence-corrected chi connectivity index (χ1v) is 13.0. The van der Waals surface area contributed by atoms with Gasteiger partial charge in [-0.15, -0.1) is 11.3 Å². The van der Waals surface area contributed by atoms with Gasteiger partial charge in [-0.25, -0.2) is 13.4 Å². The van der Waals surface area contributed by atoms with Crippen LogP contribution in [-0.4, -0.2) is 38.4 Å². The van der Waals surface area contributed by atoms with Crippen LogP contribution >= 0.6 is 34.5 Å². The van der Waals surface area contributed by atoms with Gasteiger partial charge < -0.3 is 9.80 Å². The second-order valence-electron chi connectivity index (χ2n) is 7.57. The summed E-state index contributed by atoms with van der Waals surface area (Å²) in [5.74, 6) is -0.0135. The fraction of sp³-hybridized carbons (Fsp3) is 0.238. The molecule has 3 heterocycles. The molecule has 2 aliphatic rings. The third kappa shape index (κ3) is 3.83. The molecule has 1 atom stereocenters. The zero-order valence-electron chi connectivity index (χ0n) is 16.7. The molecule has 11 heteroatoms. The van der Waals surface area contributed by atoms with Crippen LogP contribution in [0.5, 0.6) is 0 Å². The lowest BCUT2D eigenvalue weighted by Crippen LogP contribution is -2.41. The van der Waals surface area contributed by atoms with Gasteiger partial charge in [-0.3, -0.25) is 9.52 Å². The van der Waals surface area contributed by atoms with E-state index in [-0.39, 0.29) is 18.3 Å². The van der Waals surface area contributed by atoms with Crippen molar-refractivity contribution >= 4 is 67.0 Å². The van der Waals surface area contributed by atoms with Crippen molar-refractivity contribution < 1.29 is 14.6 Å². The molecule has 1 aromatic heterocycles. The molecule has 0 radical (unpaired) electrons. The second kappa shape index (κ2) is 8.22. The number of amides is 1. The predicted molar refractivity (Wildman–Crippen MR) is 130 cm³/mol. The largest absolute Gasteiger partial charge is 0.359 e. The zero-order chi connectivity index (χ0) is 22.5. The molecule has 0 saturated carbocycles. The number of hydrogen-bond donors (Lipinski definition) is 1. The van der Waals surface area contributed by atoms with Crippen molar-refractivity contribution in [1.29, 1.82) is 0 Å². The minimum absolute atomic E-state index is 0. The van der Waals surface area contributed by atoms with E-state index in [1.165, 1.54) is 29.7 Å². The zero-order valence-corrected chi connectivity index (χ0v) is 19.8. The van der Waals surface area contributed by atoms with E-state index >= 15 is 0 Å². The standard InChI is InChI=1S/C21H18Cl2N4O3S2.H2/c22-16-11-13-5-8-27(19(13)12-17(16)23)18-6-9-26(20(18)28)14-1-3-15(4-2-14)32(29,30)25-21-24-7-10-31-21;/h1-4,7,10-12,18H,5-6,8-9H2,(H,24,25);1H/t18-;/m0./s1. The molecule has 7 nitrogen and oxygen atoms in total. The molecular weight excluding hydrogens is 491 g/mol. The van der Waals surface area contributed by atoms with Crippen LogP contribution < -0.4 is 14.5 Å². The van der Waals surface area contributed by atoms with Gasteiger partial charge in [0.15, 0.2) is 5.13 Å². The van der Waals surface area contributed by atoms with Crippen LogP contribution in [0.2, 0.25) is 10.0 Å². The minimum Gasteiger partial charge on any atom is -0.359 e. The van der Waals surface area contributed by atoms with Crippen LogP contribution in [0.1, 0.15) is 13.4 Å². The molecule has 1 fully saturated rings. The molecule has 1 N–H and O–H groups in total. The van der Waals surface area contributed by atoms with Gasteiger partial charge >= 0.3 is 0 Å². The third-order valence-corrected chi connectivity index (χ3v) is 8.61. The van der Waals surface area contributed by atoms with Gasteiger partial charge in [0, 0.05) is 37.5 Å². The Hall–Kier alpha value is -2.33. The van der Waals surface area contributed by atoms with Crippen molar-refractivity contribution in [2.24, 2.45) is 0 Å². The van der Waals surface area contributed by atoms with Crippen LogP contribution in [-0.2, 0) is 21.2 Å². The van der Waals surface area contributed by atoms with E-state index in [1.54, 1.807) is 22.4 Å². The average Bonchev–Trinajstić information content (AvgIpc) is 3.49. The highest BCUT2D eigenvalue weighted by Crippen LogP contribution is 2.38. The first-order chi connectivity index (χ1) is 15.3. The molecule has 0 unspecified atom stereocenters. The Morgan fingerprint density at radius 1 is 1.12 bits per heavy atom. The Kier molecular flexibility index (Phi) is 5.53. The smallest absolute Gasteiger partial charge is 0.263 e. The molecular formula is C21H20Cl2N4O3S2. The Bertz CT molecular complexity index is 1290. The number of nitrogens with zero attached hydrogens (tertiary/aromatic N) is 3. The molecule has 0 spiro atoms. The summed E-state index contributed by atoms with van der Waals surface area (Å²) in [6.45, 7) is 1.29. The van der Waals surface area contributed by atoms with Gasteiger partial charge in [-0.2, -0.15) is 0 Å². The number of carbonyl (C=O) groups excluding carboxylic acids is 1. The van der Waals surface area contributed by atoms with Gasteiger partial charge in [0.2, 0.25) is 5.91 Å². The van der Waals surface area contributed by atoms with Crippen molar-refractivity contribution in [3.63, 3.8) is 0 Å². The molecule has 5 rings (SSSR count). The summed E-state index contributed by atoms with van der Waals surface area (Å²) in [5, 5.41) is 2.99. The fourth-order valence-electron chi connectivity index (χ4n) is 4.19. The monoisotopic (exact) mass is 510 g/mol. The average molecular weight is 511 g/mol. The topological polar surface area (TPSA) is 82.6 Å². The van der Waals surface area contributed by atoms with Gasteiger partial charge in [0.05, 0.1) is 14.9 Å². The lowest BCUT2D eigenvalue weighted by Gasteiger charge is -2.26. The van der Waals surface area contributed by atoms with Crippen LogP contribution in [0, 0.1) is 0 Å². The van der Waals surface area contributed by atoms with Gasteiger partial charge in [0.25, 0.3) is 10.0 Å². The first-order valence-electron chi connectivity index (χ1n) is 9.92. The number of carbonyl (C=O) groups is 1. The summed E-state index contributed by atoms with van der Waals surface area (Å²) in [6.07, 6.45) is 3.02. The molecule has 0 aliphatic carbocycles. The molecule has 32 heavy (non-hydrogen) atoms. The van der Waals surface area contributed by atoms with E-state index in [0.717, 1.165) is 24.2 Å². The number of sulfonamides is 1. The summed E-state index contributed by atoms with van der Waals surface area (Å²) in [4.78, 5) is 21.1. The normalized spacial score (nSPS) is 18.3.